The number of nitrogens with zero attached hydrogens (tertiary/aromatic N) is 1. The molecule has 0 radical (unpaired) electrons. The van der Waals surface area contributed by atoms with Crippen LogP contribution in [0, 0.1) is 6.92 Å². The molecular weight excluding hydrogens is 256 g/mol. The second-order valence-electron chi connectivity index (χ2n) is 5.91. The molecule has 0 aliphatic heterocycles. The minimum atomic E-state index is -1.05. The Hall–Kier alpha value is -2.30. The van der Waals surface area contributed by atoms with Gasteiger partial charge in [-0.2, -0.15) is 5.10 Å². The fraction of sp³-hybridized carbons (Fsp3) is 0.333. The monoisotopic (exact) mass is 274 g/mol. The second-order valence-corrected chi connectivity index (χ2v) is 5.91. The number of phenolic OH excluding ortho intramolecular Hbond substituents is 1. The molecule has 20 heavy (non-hydrogen) atoms. The fourth-order valence-corrected chi connectivity index (χ4v) is 2.14. The maximum atomic E-state index is 10.9. The van der Waals surface area contributed by atoms with Gasteiger partial charge in [-0.3, -0.25) is 5.10 Å². The smallest absolute Gasteiger partial charge is 0.353 e. The van der Waals surface area contributed by atoms with Crippen molar-refractivity contribution in [1.82, 2.24) is 10.2 Å². The van der Waals surface area contributed by atoms with Gasteiger partial charge in [0.1, 0.15) is 11.4 Å². The standard InChI is InChI=1S/C15H18N2O3/c1-8-5-13(18)10(15(2,3)4)6-9(8)11-7-12(14(19)20)17-16-11/h5-7,18H,1-4H3,(H,16,17)(H,19,20). The van der Waals surface area contributed by atoms with Gasteiger partial charge in [-0.25, -0.2) is 4.79 Å². The van der Waals surface area contributed by atoms with Gasteiger partial charge in [-0.1, -0.05) is 20.8 Å². The molecule has 1 aromatic carbocycles. The Morgan fingerprint density at radius 3 is 2.40 bits per heavy atom. The number of aromatic amines is 1. The minimum absolute atomic E-state index is 0.0461. The van der Waals surface area contributed by atoms with Crippen LogP contribution in [0.2, 0.25) is 0 Å². The highest BCUT2D eigenvalue weighted by atomic mass is 16.4. The third kappa shape index (κ3) is 2.52. The van der Waals surface area contributed by atoms with E-state index in [0.29, 0.717) is 5.69 Å². The first-order valence-corrected chi connectivity index (χ1v) is 6.33. The average molecular weight is 274 g/mol. The molecule has 2 aromatic rings. The van der Waals surface area contributed by atoms with Crippen LogP contribution in [0.5, 0.6) is 5.75 Å². The van der Waals surface area contributed by atoms with Gasteiger partial charge in [0.25, 0.3) is 0 Å². The average Bonchev–Trinajstić information content (AvgIpc) is 2.76. The van der Waals surface area contributed by atoms with Gasteiger partial charge in [-0.05, 0) is 41.7 Å². The Labute approximate surface area is 117 Å². The van der Waals surface area contributed by atoms with E-state index in [1.807, 2.05) is 33.8 Å². The van der Waals surface area contributed by atoms with Crippen LogP contribution in [0.3, 0.4) is 0 Å². The van der Waals surface area contributed by atoms with E-state index < -0.39 is 5.97 Å². The zero-order chi connectivity index (χ0) is 15.1. The molecule has 5 heteroatoms. The van der Waals surface area contributed by atoms with Gasteiger partial charge in [-0.15, -0.1) is 0 Å². The molecule has 0 unspecified atom stereocenters. The molecule has 0 saturated heterocycles. The number of rotatable bonds is 2. The lowest BCUT2D eigenvalue weighted by Gasteiger charge is -2.22. The highest BCUT2D eigenvalue weighted by Gasteiger charge is 2.21. The molecule has 1 heterocycles. The normalized spacial score (nSPS) is 11.6. The molecule has 2 rings (SSSR count). The number of hydrogen-bond donors (Lipinski definition) is 3. The van der Waals surface area contributed by atoms with E-state index in [1.165, 1.54) is 6.07 Å². The predicted molar refractivity (Wildman–Crippen MR) is 76.1 cm³/mol. The summed E-state index contributed by atoms with van der Waals surface area (Å²) in [7, 11) is 0. The predicted octanol–water partition coefficient (Wildman–Crippen LogP) is 3.09. The molecule has 0 saturated carbocycles. The van der Waals surface area contributed by atoms with Crippen LogP contribution in [0.15, 0.2) is 18.2 Å². The van der Waals surface area contributed by atoms with E-state index in [-0.39, 0.29) is 16.9 Å². The van der Waals surface area contributed by atoms with Crippen molar-refractivity contribution < 1.29 is 15.0 Å². The molecular formula is C15H18N2O3. The molecule has 0 fully saturated rings. The summed E-state index contributed by atoms with van der Waals surface area (Å²) < 4.78 is 0. The Balaban J connectivity index is 2.58. The minimum Gasteiger partial charge on any atom is -0.508 e. The highest BCUT2D eigenvalue weighted by molar-refractivity contribution is 5.87. The first-order valence-electron chi connectivity index (χ1n) is 6.33. The van der Waals surface area contributed by atoms with Gasteiger partial charge in [0.2, 0.25) is 0 Å². The third-order valence-corrected chi connectivity index (χ3v) is 3.23. The van der Waals surface area contributed by atoms with E-state index in [4.69, 9.17) is 5.11 Å². The molecule has 0 aliphatic rings. The fourth-order valence-electron chi connectivity index (χ4n) is 2.14. The molecule has 5 nitrogen and oxygen atoms in total. The number of aryl methyl sites for hydroxylation is 1. The lowest BCUT2D eigenvalue weighted by molar-refractivity contribution is 0.0690. The summed E-state index contributed by atoms with van der Waals surface area (Å²) in [6.45, 7) is 7.88. The quantitative estimate of drug-likeness (QED) is 0.785. The number of carbonyl (C=O) groups is 1. The molecule has 0 atom stereocenters. The third-order valence-electron chi connectivity index (χ3n) is 3.23. The van der Waals surface area contributed by atoms with Gasteiger partial charge < -0.3 is 10.2 Å². The zero-order valence-corrected chi connectivity index (χ0v) is 12.0. The number of aromatic hydroxyl groups is 1. The van der Waals surface area contributed by atoms with Gasteiger partial charge >= 0.3 is 5.97 Å². The first kappa shape index (κ1) is 14.1. The molecule has 0 aliphatic carbocycles. The van der Waals surface area contributed by atoms with Crippen molar-refractivity contribution in [2.45, 2.75) is 33.1 Å². The van der Waals surface area contributed by atoms with E-state index in [1.54, 1.807) is 6.07 Å². The van der Waals surface area contributed by atoms with E-state index in [9.17, 15) is 9.90 Å². The summed E-state index contributed by atoms with van der Waals surface area (Å²) in [5.41, 5.74) is 2.86. The van der Waals surface area contributed by atoms with Gasteiger partial charge in [0.15, 0.2) is 0 Å². The number of hydrogen-bond acceptors (Lipinski definition) is 3. The number of benzene rings is 1. The molecule has 106 valence electrons. The van der Waals surface area contributed by atoms with Crippen LogP contribution >= 0.6 is 0 Å². The SMILES string of the molecule is Cc1cc(O)c(C(C)(C)C)cc1-c1cc(C(=O)O)[nH]n1. The molecule has 0 spiro atoms. The Morgan fingerprint density at radius 1 is 1.25 bits per heavy atom. The van der Waals surface area contributed by atoms with Gasteiger partial charge in [0, 0.05) is 5.56 Å². The number of aromatic nitrogens is 2. The molecule has 1 aromatic heterocycles. The van der Waals surface area contributed by atoms with Gasteiger partial charge in [0.05, 0.1) is 5.69 Å². The van der Waals surface area contributed by atoms with E-state index in [0.717, 1.165) is 16.7 Å². The van der Waals surface area contributed by atoms with Crippen molar-refractivity contribution in [1.29, 1.82) is 0 Å². The van der Waals surface area contributed by atoms with Crippen molar-refractivity contribution in [3.8, 4) is 17.0 Å². The van der Waals surface area contributed by atoms with Crippen molar-refractivity contribution in [2.24, 2.45) is 0 Å². The zero-order valence-electron chi connectivity index (χ0n) is 12.0. The summed E-state index contributed by atoms with van der Waals surface area (Å²) in [5.74, 6) is -0.802. The van der Waals surface area contributed by atoms with Crippen molar-refractivity contribution >= 4 is 5.97 Å². The maximum Gasteiger partial charge on any atom is 0.353 e. The van der Waals surface area contributed by atoms with Crippen molar-refractivity contribution in [3.05, 3.63) is 35.0 Å². The first-order chi connectivity index (χ1) is 9.20. The lowest BCUT2D eigenvalue weighted by Crippen LogP contribution is -2.11. The van der Waals surface area contributed by atoms with Crippen LogP contribution in [-0.2, 0) is 5.41 Å². The molecule has 3 N–H and O–H groups in total. The number of nitrogens with one attached hydrogen (secondary N) is 1. The summed E-state index contributed by atoms with van der Waals surface area (Å²) in [5, 5.41) is 25.5. The highest BCUT2D eigenvalue weighted by Crippen LogP contribution is 2.36. The summed E-state index contributed by atoms with van der Waals surface area (Å²) in [6.07, 6.45) is 0. The maximum absolute atomic E-state index is 10.9. The number of carboxylic acids is 1. The summed E-state index contributed by atoms with van der Waals surface area (Å²) in [4.78, 5) is 10.9. The Bertz CT molecular complexity index is 666. The Morgan fingerprint density at radius 2 is 1.90 bits per heavy atom. The van der Waals surface area contributed by atoms with E-state index in [2.05, 4.69) is 10.2 Å². The number of H-pyrrole nitrogens is 1. The number of phenols is 1. The van der Waals surface area contributed by atoms with Crippen LogP contribution in [0.25, 0.3) is 11.3 Å². The molecule has 0 amide bonds. The molecule has 0 bridgehead atoms. The summed E-state index contributed by atoms with van der Waals surface area (Å²) in [6, 6.07) is 5.05. The topological polar surface area (TPSA) is 86.2 Å². The van der Waals surface area contributed by atoms with E-state index >= 15 is 0 Å². The largest absolute Gasteiger partial charge is 0.508 e. The van der Waals surface area contributed by atoms with Crippen LogP contribution in [-0.4, -0.2) is 26.4 Å². The number of carboxylic acid groups (broad SMARTS) is 1. The van der Waals surface area contributed by atoms with Crippen LogP contribution in [0.1, 0.15) is 42.4 Å². The van der Waals surface area contributed by atoms with Crippen LogP contribution in [0.4, 0.5) is 0 Å². The Kier molecular flexibility index (Phi) is 3.29. The summed E-state index contributed by atoms with van der Waals surface area (Å²) >= 11 is 0. The van der Waals surface area contributed by atoms with Crippen molar-refractivity contribution in [2.75, 3.05) is 0 Å². The number of aromatic carboxylic acids is 1. The van der Waals surface area contributed by atoms with Crippen LogP contribution < -0.4 is 0 Å². The second kappa shape index (κ2) is 4.67. The van der Waals surface area contributed by atoms with Crippen molar-refractivity contribution in [3.63, 3.8) is 0 Å². The lowest BCUT2D eigenvalue weighted by atomic mass is 9.84.